The SMILES string of the molecule is O=C(NC1CC1)[C@@H](c1ccccc1)N1CCC[C@H]1Cn1cccn1. The van der Waals surface area contributed by atoms with E-state index in [0.717, 1.165) is 44.3 Å². The lowest BCUT2D eigenvalue weighted by Gasteiger charge is -2.32. The molecule has 1 N–H and O–H groups in total. The van der Waals surface area contributed by atoms with Gasteiger partial charge in [0.1, 0.15) is 6.04 Å². The van der Waals surface area contributed by atoms with Crippen LogP contribution in [0.2, 0.25) is 0 Å². The number of nitrogens with zero attached hydrogens (tertiary/aromatic N) is 3. The second-order valence-electron chi connectivity index (χ2n) is 6.86. The number of rotatable bonds is 6. The number of benzene rings is 1. The van der Waals surface area contributed by atoms with Crippen molar-refractivity contribution in [1.82, 2.24) is 20.0 Å². The van der Waals surface area contributed by atoms with E-state index in [1.165, 1.54) is 0 Å². The van der Waals surface area contributed by atoms with E-state index >= 15 is 0 Å². The summed E-state index contributed by atoms with van der Waals surface area (Å²) in [5, 5.41) is 7.54. The number of hydrogen-bond donors (Lipinski definition) is 1. The van der Waals surface area contributed by atoms with E-state index in [-0.39, 0.29) is 11.9 Å². The first-order chi connectivity index (χ1) is 11.8. The standard InChI is InChI=1S/C19H24N4O/c24-19(21-16-9-10-16)18(15-6-2-1-3-7-15)23-13-4-8-17(23)14-22-12-5-11-20-22/h1-3,5-7,11-12,16-18H,4,8-10,13-14H2,(H,21,24)/t17-,18+/m0/s1. The molecule has 126 valence electrons. The predicted molar refractivity (Wildman–Crippen MR) is 92.3 cm³/mol. The molecule has 1 saturated carbocycles. The van der Waals surface area contributed by atoms with Crippen molar-refractivity contribution in [3.05, 3.63) is 54.4 Å². The summed E-state index contributed by atoms with van der Waals surface area (Å²) < 4.78 is 1.98. The Hall–Kier alpha value is -2.14. The molecule has 1 amide bonds. The van der Waals surface area contributed by atoms with Gasteiger partial charge in [-0.05, 0) is 43.9 Å². The third-order valence-corrected chi connectivity index (χ3v) is 5.00. The summed E-state index contributed by atoms with van der Waals surface area (Å²) in [6.45, 7) is 1.80. The second kappa shape index (κ2) is 6.77. The largest absolute Gasteiger partial charge is 0.352 e. The van der Waals surface area contributed by atoms with Crippen LogP contribution in [-0.4, -0.2) is 39.2 Å². The highest BCUT2D eigenvalue weighted by Gasteiger charge is 2.37. The highest BCUT2D eigenvalue weighted by molar-refractivity contribution is 5.83. The van der Waals surface area contributed by atoms with Gasteiger partial charge in [-0.3, -0.25) is 14.4 Å². The molecule has 0 unspecified atom stereocenters. The summed E-state index contributed by atoms with van der Waals surface area (Å²) >= 11 is 0. The number of hydrogen-bond acceptors (Lipinski definition) is 3. The lowest BCUT2D eigenvalue weighted by Crippen LogP contribution is -2.44. The molecule has 1 aromatic heterocycles. The molecule has 1 aliphatic carbocycles. The van der Waals surface area contributed by atoms with Crippen molar-refractivity contribution in [3.8, 4) is 0 Å². The zero-order valence-electron chi connectivity index (χ0n) is 13.8. The van der Waals surface area contributed by atoms with Crippen LogP contribution in [0.5, 0.6) is 0 Å². The molecule has 1 aliphatic heterocycles. The minimum atomic E-state index is -0.199. The van der Waals surface area contributed by atoms with Gasteiger partial charge in [-0.1, -0.05) is 30.3 Å². The summed E-state index contributed by atoms with van der Waals surface area (Å²) in [5.41, 5.74) is 1.09. The van der Waals surface area contributed by atoms with Gasteiger partial charge in [0, 0.05) is 24.5 Å². The molecule has 0 radical (unpaired) electrons. The van der Waals surface area contributed by atoms with Crippen molar-refractivity contribution in [2.45, 2.75) is 50.4 Å². The van der Waals surface area contributed by atoms with Gasteiger partial charge in [-0.15, -0.1) is 0 Å². The monoisotopic (exact) mass is 324 g/mol. The molecule has 5 nitrogen and oxygen atoms in total. The van der Waals surface area contributed by atoms with Gasteiger partial charge in [0.15, 0.2) is 0 Å². The van der Waals surface area contributed by atoms with Crippen LogP contribution in [0.15, 0.2) is 48.8 Å². The van der Waals surface area contributed by atoms with E-state index in [1.54, 1.807) is 0 Å². The molecular formula is C19H24N4O. The van der Waals surface area contributed by atoms with E-state index in [9.17, 15) is 4.79 Å². The van der Waals surface area contributed by atoms with Crippen molar-refractivity contribution in [2.75, 3.05) is 6.54 Å². The van der Waals surface area contributed by atoms with Crippen LogP contribution in [0.4, 0.5) is 0 Å². The number of likely N-dealkylation sites (tertiary alicyclic amines) is 1. The van der Waals surface area contributed by atoms with E-state index in [1.807, 2.05) is 41.3 Å². The summed E-state index contributed by atoms with van der Waals surface area (Å²) in [6, 6.07) is 12.7. The van der Waals surface area contributed by atoms with Crippen molar-refractivity contribution in [2.24, 2.45) is 0 Å². The third-order valence-electron chi connectivity index (χ3n) is 5.00. The van der Waals surface area contributed by atoms with Crippen LogP contribution in [-0.2, 0) is 11.3 Å². The van der Waals surface area contributed by atoms with Crippen LogP contribution in [0, 0.1) is 0 Å². The minimum Gasteiger partial charge on any atom is -0.352 e. The molecule has 0 bridgehead atoms. The molecule has 0 spiro atoms. The fourth-order valence-electron chi connectivity index (χ4n) is 3.65. The lowest BCUT2D eigenvalue weighted by atomic mass is 10.0. The van der Waals surface area contributed by atoms with Crippen molar-refractivity contribution < 1.29 is 4.79 Å². The Morgan fingerprint density at radius 2 is 2.04 bits per heavy atom. The summed E-state index contributed by atoms with van der Waals surface area (Å²) in [4.78, 5) is 15.3. The van der Waals surface area contributed by atoms with Crippen LogP contribution < -0.4 is 5.32 Å². The van der Waals surface area contributed by atoms with E-state index in [0.29, 0.717) is 12.1 Å². The van der Waals surface area contributed by atoms with Gasteiger partial charge >= 0.3 is 0 Å². The Bertz CT molecular complexity index is 666. The van der Waals surface area contributed by atoms with E-state index in [2.05, 4.69) is 27.4 Å². The molecule has 2 aromatic rings. The van der Waals surface area contributed by atoms with Gasteiger partial charge in [0.05, 0.1) is 6.54 Å². The van der Waals surface area contributed by atoms with E-state index in [4.69, 9.17) is 0 Å². The zero-order chi connectivity index (χ0) is 16.4. The van der Waals surface area contributed by atoms with E-state index < -0.39 is 0 Å². The summed E-state index contributed by atoms with van der Waals surface area (Å²) in [6.07, 6.45) is 8.28. The zero-order valence-corrected chi connectivity index (χ0v) is 13.8. The Morgan fingerprint density at radius 3 is 2.75 bits per heavy atom. The molecule has 1 saturated heterocycles. The first kappa shape index (κ1) is 15.4. The van der Waals surface area contributed by atoms with Crippen molar-refractivity contribution >= 4 is 5.91 Å². The van der Waals surface area contributed by atoms with Gasteiger partial charge < -0.3 is 5.32 Å². The number of aromatic nitrogens is 2. The molecule has 24 heavy (non-hydrogen) atoms. The summed E-state index contributed by atoms with van der Waals surface area (Å²) in [7, 11) is 0. The Balaban J connectivity index is 1.57. The lowest BCUT2D eigenvalue weighted by molar-refractivity contribution is -0.127. The van der Waals surface area contributed by atoms with Gasteiger partial charge in [0.25, 0.3) is 0 Å². The summed E-state index contributed by atoms with van der Waals surface area (Å²) in [5.74, 6) is 0.149. The fraction of sp³-hybridized carbons (Fsp3) is 0.474. The van der Waals surface area contributed by atoms with Crippen LogP contribution >= 0.6 is 0 Å². The molecule has 1 aromatic carbocycles. The molecule has 4 rings (SSSR count). The topological polar surface area (TPSA) is 50.2 Å². The fourth-order valence-corrected chi connectivity index (χ4v) is 3.65. The molecule has 2 atom stereocenters. The number of carbonyl (C=O) groups is 1. The van der Waals surface area contributed by atoms with Crippen LogP contribution in [0.25, 0.3) is 0 Å². The number of carbonyl (C=O) groups excluding carboxylic acids is 1. The van der Waals surface area contributed by atoms with Gasteiger partial charge in [0.2, 0.25) is 5.91 Å². The second-order valence-corrected chi connectivity index (χ2v) is 6.86. The van der Waals surface area contributed by atoms with Crippen LogP contribution in [0.3, 0.4) is 0 Å². The quantitative estimate of drug-likeness (QED) is 0.887. The molecular weight excluding hydrogens is 300 g/mol. The maximum Gasteiger partial charge on any atom is 0.242 e. The predicted octanol–water partition coefficient (Wildman–Crippen LogP) is 2.37. The first-order valence-corrected chi connectivity index (χ1v) is 8.90. The molecule has 2 fully saturated rings. The van der Waals surface area contributed by atoms with Crippen molar-refractivity contribution in [3.63, 3.8) is 0 Å². The molecule has 2 heterocycles. The number of nitrogens with one attached hydrogen (secondary N) is 1. The minimum absolute atomic E-state index is 0.149. The smallest absolute Gasteiger partial charge is 0.242 e. The van der Waals surface area contributed by atoms with Crippen molar-refractivity contribution in [1.29, 1.82) is 0 Å². The van der Waals surface area contributed by atoms with Gasteiger partial charge in [-0.2, -0.15) is 5.10 Å². The Labute approximate surface area is 142 Å². The Morgan fingerprint density at radius 1 is 1.21 bits per heavy atom. The molecule has 5 heteroatoms. The van der Waals surface area contributed by atoms with Gasteiger partial charge in [-0.25, -0.2) is 0 Å². The highest BCUT2D eigenvalue weighted by atomic mass is 16.2. The van der Waals surface area contributed by atoms with Crippen LogP contribution in [0.1, 0.15) is 37.3 Å². The average Bonchev–Trinajstić information content (AvgIpc) is 3.07. The normalized spacial score (nSPS) is 22.4. The Kier molecular flexibility index (Phi) is 4.34. The first-order valence-electron chi connectivity index (χ1n) is 8.90. The molecule has 2 aliphatic rings. The third kappa shape index (κ3) is 3.36. The average molecular weight is 324 g/mol. The maximum absolute atomic E-state index is 13.0. The highest BCUT2D eigenvalue weighted by Crippen LogP contribution is 2.31. The number of amides is 1. The maximum atomic E-state index is 13.0.